The first-order valence-corrected chi connectivity index (χ1v) is 10.6. The Balaban J connectivity index is 2.41. The van der Waals surface area contributed by atoms with Crippen LogP contribution in [0.15, 0.2) is 34.9 Å². The van der Waals surface area contributed by atoms with Gasteiger partial charge in [-0.15, -0.1) is 0 Å². The van der Waals surface area contributed by atoms with E-state index in [0.29, 0.717) is 5.54 Å². The zero-order valence-electron chi connectivity index (χ0n) is 12.0. The molecule has 0 amide bonds. The van der Waals surface area contributed by atoms with Gasteiger partial charge in [-0.2, -0.15) is 0 Å². The fraction of sp³-hybridized carbons (Fsp3) is 0.500. The van der Waals surface area contributed by atoms with Gasteiger partial charge in [0.05, 0.1) is 14.3 Å². The predicted octanol–water partition coefficient (Wildman–Crippen LogP) is 5.58. The summed E-state index contributed by atoms with van der Waals surface area (Å²) >= 11 is 0. The molecule has 0 saturated heterocycles. The highest BCUT2D eigenvalue weighted by Gasteiger charge is 2.29. The van der Waals surface area contributed by atoms with Crippen LogP contribution in [0.4, 0.5) is 0 Å². The van der Waals surface area contributed by atoms with Crippen molar-refractivity contribution in [3.8, 4) is 0 Å². The van der Waals surface area contributed by atoms with E-state index in [9.17, 15) is 0 Å². The first kappa shape index (κ1) is 13.4. The normalized spacial score (nSPS) is 14.0. The number of hydrogen-bond acceptors (Lipinski definition) is 1. The third-order valence-corrected chi connectivity index (χ3v) is 6.47. The third-order valence-electron chi connectivity index (χ3n) is 3.78. The van der Waals surface area contributed by atoms with Crippen LogP contribution in [0, 0.1) is 0 Å². The summed E-state index contributed by atoms with van der Waals surface area (Å²) in [7, 11) is -1.21. The highest BCUT2D eigenvalue weighted by Crippen LogP contribution is 2.36. The van der Waals surface area contributed by atoms with Crippen molar-refractivity contribution in [1.29, 1.82) is 0 Å². The Kier molecular flexibility index (Phi) is 3.96. The van der Waals surface area contributed by atoms with E-state index in [-0.39, 0.29) is 0 Å². The Morgan fingerprint density at radius 2 is 1.89 bits per heavy atom. The van der Waals surface area contributed by atoms with Gasteiger partial charge in [0.1, 0.15) is 5.58 Å². The molecule has 0 saturated carbocycles. The summed E-state index contributed by atoms with van der Waals surface area (Å²) in [5.74, 6) is 0. The second kappa shape index (κ2) is 5.31. The molecule has 1 unspecified atom stereocenters. The van der Waals surface area contributed by atoms with E-state index in [1.165, 1.54) is 30.2 Å². The van der Waals surface area contributed by atoms with Gasteiger partial charge in [-0.05, 0) is 23.6 Å². The number of furan rings is 1. The molecule has 2 aromatic rings. The fourth-order valence-corrected chi connectivity index (χ4v) is 4.96. The average Bonchev–Trinajstić information content (AvgIpc) is 2.72. The molecule has 0 aliphatic rings. The number of para-hydroxylation sites is 1. The second-order valence-corrected chi connectivity index (χ2v) is 11.7. The van der Waals surface area contributed by atoms with Crippen LogP contribution in [0.1, 0.15) is 37.3 Å². The molecule has 2 heteroatoms. The minimum absolute atomic E-state index is 0.709. The molecule has 0 aliphatic carbocycles. The maximum absolute atomic E-state index is 5.73. The summed E-state index contributed by atoms with van der Waals surface area (Å²) in [4.78, 5) is 0. The number of benzene rings is 1. The van der Waals surface area contributed by atoms with Crippen molar-refractivity contribution in [1.82, 2.24) is 0 Å². The number of hydrogen-bond donors (Lipinski definition) is 0. The zero-order chi connectivity index (χ0) is 13.2. The van der Waals surface area contributed by atoms with Crippen molar-refractivity contribution in [3.05, 3.63) is 36.1 Å². The summed E-state index contributed by atoms with van der Waals surface area (Å²) in [6, 6.07) is 8.43. The van der Waals surface area contributed by atoms with Crippen molar-refractivity contribution < 1.29 is 4.42 Å². The lowest BCUT2D eigenvalue weighted by atomic mass is 10.1. The molecule has 0 spiro atoms. The molecule has 0 radical (unpaired) electrons. The summed E-state index contributed by atoms with van der Waals surface area (Å²) in [6.45, 7) is 9.67. The predicted molar refractivity (Wildman–Crippen MR) is 81.8 cm³/mol. The van der Waals surface area contributed by atoms with Crippen LogP contribution < -0.4 is 0 Å². The van der Waals surface area contributed by atoms with Gasteiger partial charge in [0.25, 0.3) is 0 Å². The van der Waals surface area contributed by atoms with E-state index < -0.39 is 8.07 Å². The van der Waals surface area contributed by atoms with E-state index in [2.05, 4.69) is 44.8 Å². The lowest BCUT2D eigenvalue weighted by molar-refractivity contribution is 0.602. The number of unbranched alkanes of at least 4 members (excludes halogenated alkanes) is 1. The molecule has 0 aliphatic heterocycles. The molecule has 0 N–H and O–H groups in total. The molecule has 1 aromatic carbocycles. The van der Waals surface area contributed by atoms with Gasteiger partial charge in [0.2, 0.25) is 0 Å². The van der Waals surface area contributed by atoms with Crippen molar-refractivity contribution in [2.45, 2.75) is 51.4 Å². The molecule has 1 nitrogen and oxygen atoms in total. The van der Waals surface area contributed by atoms with E-state index >= 15 is 0 Å². The van der Waals surface area contributed by atoms with E-state index in [0.717, 1.165) is 5.58 Å². The summed E-state index contributed by atoms with van der Waals surface area (Å²) in [6.07, 6.45) is 5.89. The molecule has 0 bridgehead atoms. The molecular weight excluding hydrogens is 236 g/mol. The van der Waals surface area contributed by atoms with E-state index in [4.69, 9.17) is 4.42 Å². The van der Waals surface area contributed by atoms with Crippen molar-refractivity contribution in [2.24, 2.45) is 0 Å². The number of fused-ring (bicyclic) bond motifs is 1. The molecular formula is C16H24OSi. The van der Waals surface area contributed by atoms with Crippen molar-refractivity contribution >= 4 is 19.0 Å². The SMILES string of the molecule is CCCCC(c1coc2ccccc12)[Si](C)(C)C. The molecule has 1 atom stereocenters. The monoisotopic (exact) mass is 260 g/mol. The van der Waals surface area contributed by atoms with Crippen molar-refractivity contribution in [2.75, 3.05) is 0 Å². The Hall–Kier alpha value is -1.02. The van der Waals surface area contributed by atoms with Crippen LogP contribution in [-0.4, -0.2) is 8.07 Å². The molecule has 1 heterocycles. The topological polar surface area (TPSA) is 13.1 Å². The lowest BCUT2D eigenvalue weighted by Gasteiger charge is -2.28. The van der Waals surface area contributed by atoms with Gasteiger partial charge in [0, 0.05) is 5.39 Å². The maximum Gasteiger partial charge on any atom is 0.134 e. The largest absolute Gasteiger partial charge is 0.464 e. The van der Waals surface area contributed by atoms with Gasteiger partial charge in [-0.3, -0.25) is 0 Å². The van der Waals surface area contributed by atoms with Gasteiger partial charge in [-0.1, -0.05) is 57.6 Å². The Bertz CT molecular complexity index is 507. The maximum atomic E-state index is 5.73. The minimum atomic E-state index is -1.21. The quantitative estimate of drug-likeness (QED) is 0.639. The molecule has 1 aromatic heterocycles. The van der Waals surface area contributed by atoms with Crippen LogP contribution >= 0.6 is 0 Å². The zero-order valence-corrected chi connectivity index (χ0v) is 13.0. The van der Waals surface area contributed by atoms with Crippen LogP contribution in [-0.2, 0) is 0 Å². The van der Waals surface area contributed by atoms with Gasteiger partial charge < -0.3 is 4.42 Å². The van der Waals surface area contributed by atoms with Crippen LogP contribution in [0.25, 0.3) is 11.0 Å². The Labute approximate surface area is 111 Å². The van der Waals surface area contributed by atoms with Gasteiger partial charge in [0.15, 0.2) is 0 Å². The summed E-state index contributed by atoms with van der Waals surface area (Å²) in [5, 5.41) is 1.32. The first-order chi connectivity index (χ1) is 8.54. The van der Waals surface area contributed by atoms with E-state index in [1.807, 2.05) is 12.3 Å². The van der Waals surface area contributed by atoms with Gasteiger partial charge in [-0.25, -0.2) is 0 Å². The molecule has 0 fully saturated rings. The standard InChI is InChI=1S/C16H24OSi/c1-5-6-11-16(18(2,3)4)14-12-17-15-10-8-7-9-13(14)15/h7-10,12,16H,5-6,11H2,1-4H3. The van der Waals surface area contributed by atoms with Crippen molar-refractivity contribution in [3.63, 3.8) is 0 Å². The summed E-state index contributed by atoms with van der Waals surface area (Å²) in [5.41, 5.74) is 3.19. The average molecular weight is 260 g/mol. The summed E-state index contributed by atoms with van der Waals surface area (Å²) < 4.78 is 5.73. The smallest absolute Gasteiger partial charge is 0.134 e. The highest BCUT2D eigenvalue weighted by molar-refractivity contribution is 6.77. The van der Waals surface area contributed by atoms with Gasteiger partial charge >= 0.3 is 0 Å². The number of rotatable bonds is 5. The lowest BCUT2D eigenvalue weighted by Crippen LogP contribution is -2.30. The third kappa shape index (κ3) is 2.69. The van der Waals surface area contributed by atoms with Crippen LogP contribution in [0.3, 0.4) is 0 Å². The molecule has 2 rings (SSSR count). The Morgan fingerprint density at radius 1 is 1.17 bits per heavy atom. The first-order valence-electron chi connectivity index (χ1n) is 7.00. The van der Waals surface area contributed by atoms with Crippen LogP contribution in [0.2, 0.25) is 19.6 Å². The van der Waals surface area contributed by atoms with Crippen LogP contribution in [0.5, 0.6) is 0 Å². The van der Waals surface area contributed by atoms with E-state index in [1.54, 1.807) is 0 Å². The highest BCUT2D eigenvalue weighted by atomic mass is 28.3. The molecule has 98 valence electrons. The minimum Gasteiger partial charge on any atom is -0.464 e. The Morgan fingerprint density at radius 3 is 2.56 bits per heavy atom. The molecule has 18 heavy (non-hydrogen) atoms. The fourth-order valence-electron chi connectivity index (χ4n) is 2.73. The second-order valence-electron chi connectivity index (χ2n) is 6.25.